The molecule has 2 aromatic rings. The smallest absolute Gasteiger partial charge is 0.217 e. The minimum Gasteiger partial charge on any atom is -0.282 e. The molecule has 0 saturated heterocycles. The lowest BCUT2D eigenvalue weighted by Gasteiger charge is -1.96. The summed E-state index contributed by atoms with van der Waals surface area (Å²) in [5.41, 5.74) is 0. The van der Waals surface area contributed by atoms with Gasteiger partial charge in [0.05, 0.1) is 0 Å². The zero-order chi connectivity index (χ0) is 14.2. The molecule has 0 heterocycles. The summed E-state index contributed by atoms with van der Waals surface area (Å²) in [5, 5.41) is -0.309. The molecule has 0 aliphatic heterocycles. The van der Waals surface area contributed by atoms with Crippen molar-refractivity contribution in [2.75, 3.05) is 0 Å². The Bertz CT molecular complexity index is 551. The van der Waals surface area contributed by atoms with Crippen molar-refractivity contribution in [3.05, 3.63) is 72.8 Å². The van der Waals surface area contributed by atoms with E-state index in [0.717, 1.165) is 33.3 Å². The van der Waals surface area contributed by atoms with Crippen molar-refractivity contribution in [3.63, 3.8) is 0 Å². The van der Waals surface area contributed by atoms with Crippen molar-refractivity contribution in [3.8, 4) is 0 Å². The quantitative estimate of drug-likeness (QED) is 0.626. The third-order valence-electron chi connectivity index (χ3n) is 2.28. The van der Waals surface area contributed by atoms with Crippen LogP contribution in [0.15, 0.2) is 82.6 Å². The van der Waals surface area contributed by atoms with Gasteiger partial charge in [-0.3, -0.25) is 9.59 Å². The Hall–Kier alpha value is -1.78. The van der Waals surface area contributed by atoms with Crippen LogP contribution < -0.4 is 0 Å². The molecular formula is C16H12O2S2. The van der Waals surface area contributed by atoms with E-state index in [1.165, 1.54) is 12.2 Å². The molecule has 2 nitrogen and oxygen atoms in total. The molecule has 0 saturated carbocycles. The first kappa shape index (κ1) is 14.6. The first-order valence-corrected chi connectivity index (χ1v) is 7.59. The fourth-order valence-electron chi connectivity index (χ4n) is 1.41. The lowest BCUT2D eigenvalue weighted by Crippen LogP contribution is -1.89. The molecule has 0 spiro atoms. The second-order valence-corrected chi connectivity index (χ2v) is 5.96. The minimum absolute atomic E-state index is 0.154. The number of benzene rings is 2. The molecule has 0 amide bonds. The molecule has 4 heteroatoms. The Balaban J connectivity index is 1.86. The summed E-state index contributed by atoms with van der Waals surface area (Å²) in [4.78, 5) is 25.1. The van der Waals surface area contributed by atoms with Gasteiger partial charge in [0.25, 0.3) is 0 Å². The molecule has 0 atom stereocenters. The van der Waals surface area contributed by atoms with Gasteiger partial charge < -0.3 is 0 Å². The van der Waals surface area contributed by atoms with Crippen molar-refractivity contribution >= 4 is 33.8 Å². The van der Waals surface area contributed by atoms with Gasteiger partial charge in [0.1, 0.15) is 0 Å². The van der Waals surface area contributed by atoms with Gasteiger partial charge in [0.15, 0.2) is 0 Å². The van der Waals surface area contributed by atoms with Crippen LogP contribution >= 0.6 is 23.5 Å². The van der Waals surface area contributed by atoms with Crippen LogP contribution in [0.5, 0.6) is 0 Å². The van der Waals surface area contributed by atoms with Crippen molar-refractivity contribution < 1.29 is 9.59 Å². The molecule has 0 radical (unpaired) electrons. The monoisotopic (exact) mass is 300 g/mol. The van der Waals surface area contributed by atoms with E-state index in [-0.39, 0.29) is 10.2 Å². The van der Waals surface area contributed by atoms with Crippen molar-refractivity contribution in [1.29, 1.82) is 0 Å². The standard InChI is InChI=1S/C16H12O2S2/c17-15(19-13-7-3-1-4-8-13)11-12-16(18)20-14-9-5-2-6-10-14/h1-12H/b12-11-. The summed E-state index contributed by atoms with van der Waals surface area (Å²) in [7, 11) is 0. The fraction of sp³-hybridized carbons (Fsp3) is 0. The number of hydrogen-bond donors (Lipinski definition) is 0. The SMILES string of the molecule is O=C(/C=C\C(=O)Sc1ccccc1)Sc1ccccc1. The first-order chi connectivity index (χ1) is 9.74. The lowest BCUT2D eigenvalue weighted by molar-refractivity contribution is -0.109. The second-order valence-electron chi connectivity index (χ2n) is 3.80. The van der Waals surface area contributed by atoms with Gasteiger partial charge in [-0.2, -0.15) is 0 Å². The summed E-state index contributed by atoms with van der Waals surface area (Å²) >= 11 is 2.21. The van der Waals surface area contributed by atoms with Crippen LogP contribution in [0.1, 0.15) is 0 Å². The summed E-state index contributed by atoms with van der Waals surface area (Å²) in [6, 6.07) is 18.7. The molecule has 0 aliphatic rings. The van der Waals surface area contributed by atoms with Crippen LogP contribution in [0.4, 0.5) is 0 Å². The molecule has 0 bridgehead atoms. The summed E-state index contributed by atoms with van der Waals surface area (Å²) < 4.78 is 0. The van der Waals surface area contributed by atoms with Crippen molar-refractivity contribution in [2.45, 2.75) is 9.79 Å². The van der Waals surface area contributed by atoms with Gasteiger partial charge in [-0.05, 0) is 59.9 Å². The fourth-order valence-corrected chi connectivity index (χ4v) is 2.74. The average Bonchev–Trinajstić information content (AvgIpc) is 2.47. The number of thioether (sulfide) groups is 2. The highest BCUT2D eigenvalue weighted by Gasteiger charge is 2.03. The van der Waals surface area contributed by atoms with Crippen LogP contribution in [0.2, 0.25) is 0 Å². The van der Waals surface area contributed by atoms with Gasteiger partial charge in [0, 0.05) is 9.79 Å². The van der Waals surface area contributed by atoms with Crippen molar-refractivity contribution in [1.82, 2.24) is 0 Å². The van der Waals surface area contributed by atoms with Gasteiger partial charge in [-0.25, -0.2) is 0 Å². The highest BCUT2D eigenvalue weighted by molar-refractivity contribution is 8.14. The molecule has 0 N–H and O–H groups in total. The van der Waals surface area contributed by atoms with E-state index < -0.39 is 0 Å². The van der Waals surface area contributed by atoms with Crippen molar-refractivity contribution in [2.24, 2.45) is 0 Å². The highest BCUT2D eigenvalue weighted by Crippen LogP contribution is 2.20. The number of carbonyl (C=O) groups excluding carboxylic acids is 2. The molecule has 100 valence electrons. The highest BCUT2D eigenvalue weighted by atomic mass is 32.2. The van der Waals surface area contributed by atoms with Gasteiger partial charge in [-0.1, -0.05) is 36.4 Å². The van der Waals surface area contributed by atoms with Crippen LogP contribution in [0.25, 0.3) is 0 Å². The van der Waals surface area contributed by atoms with Crippen LogP contribution in [-0.4, -0.2) is 10.2 Å². The van der Waals surface area contributed by atoms with Gasteiger partial charge in [-0.15, -0.1) is 0 Å². The maximum atomic E-state index is 11.7. The van der Waals surface area contributed by atoms with E-state index in [1.807, 2.05) is 60.7 Å². The topological polar surface area (TPSA) is 34.1 Å². The zero-order valence-corrected chi connectivity index (χ0v) is 12.2. The molecular weight excluding hydrogens is 288 g/mol. The maximum Gasteiger partial charge on any atom is 0.217 e. The first-order valence-electron chi connectivity index (χ1n) is 5.96. The summed E-state index contributed by atoms with van der Waals surface area (Å²) in [6.07, 6.45) is 2.63. The number of rotatable bonds is 4. The summed E-state index contributed by atoms with van der Waals surface area (Å²) in [5.74, 6) is 0. The Morgan fingerprint density at radius 2 is 1.00 bits per heavy atom. The Morgan fingerprint density at radius 3 is 1.35 bits per heavy atom. The minimum atomic E-state index is -0.154. The third-order valence-corrected chi connectivity index (χ3v) is 3.97. The molecule has 2 rings (SSSR count). The van der Waals surface area contributed by atoms with E-state index in [1.54, 1.807) is 0 Å². The Kier molecular flexibility index (Phi) is 5.65. The molecule has 0 aromatic heterocycles. The predicted molar refractivity (Wildman–Crippen MR) is 83.8 cm³/mol. The van der Waals surface area contributed by atoms with E-state index in [9.17, 15) is 9.59 Å². The lowest BCUT2D eigenvalue weighted by atomic mass is 10.4. The molecule has 20 heavy (non-hydrogen) atoms. The average molecular weight is 300 g/mol. The Morgan fingerprint density at radius 1 is 0.650 bits per heavy atom. The summed E-state index contributed by atoms with van der Waals surface area (Å²) in [6.45, 7) is 0. The largest absolute Gasteiger partial charge is 0.282 e. The molecule has 0 fully saturated rings. The van der Waals surface area contributed by atoms with Gasteiger partial charge >= 0.3 is 0 Å². The number of hydrogen-bond acceptors (Lipinski definition) is 4. The normalized spacial score (nSPS) is 10.6. The van der Waals surface area contributed by atoms with E-state index >= 15 is 0 Å². The van der Waals surface area contributed by atoms with Crippen LogP contribution in [0, 0.1) is 0 Å². The molecule has 0 aliphatic carbocycles. The van der Waals surface area contributed by atoms with Gasteiger partial charge in [0.2, 0.25) is 10.2 Å². The third kappa shape index (κ3) is 5.07. The zero-order valence-electron chi connectivity index (χ0n) is 10.6. The Labute approximate surface area is 126 Å². The van der Waals surface area contributed by atoms with E-state index in [2.05, 4.69) is 0 Å². The predicted octanol–water partition coefficient (Wildman–Crippen LogP) is 4.18. The second kappa shape index (κ2) is 7.72. The van der Waals surface area contributed by atoms with Crippen LogP contribution in [-0.2, 0) is 9.59 Å². The number of carbonyl (C=O) groups is 2. The van der Waals surface area contributed by atoms with Crippen LogP contribution in [0.3, 0.4) is 0 Å². The van der Waals surface area contributed by atoms with E-state index in [0.29, 0.717) is 0 Å². The maximum absolute atomic E-state index is 11.7. The molecule has 0 unspecified atom stereocenters. The van der Waals surface area contributed by atoms with E-state index in [4.69, 9.17) is 0 Å². The molecule has 2 aromatic carbocycles.